The number of rotatable bonds is 4. The second-order valence-electron chi connectivity index (χ2n) is 9.80. The van der Waals surface area contributed by atoms with Crippen molar-refractivity contribution in [3.63, 3.8) is 0 Å². The number of phenols is 4. The average Bonchev–Trinajstić information content (AvgIpc) is 2.93. The molecule has 0 saturated carbocycles. The van der Waals surface area contributed by atoms with Gasteiger partial charge in [0.1, 0.15) is 23.0 Å². The van der Waals surface area contributed by atoms with Gasteiger partial charge in [-0.05, 0) is 81.6 Å². The molecule has 0 amide bonds. The topological polar surface area (TPSA) is 80.9 Å². The zero-order valence-corrected chi connectivity index (χ0v) is 20.8. The summed E-state index contributed by atoms with van der Waals surface area (Å²) in [5.41, 5.74) is 3.21. The van der Waals surface area contributed by atoms with E-state index in [9.17, 15) is 20.4 Å². The maximum absolute atomic E-state index is 11.4. The Morgan fingerprint density at radius 3 is 1.45 bits per heavy atom. The van der Waals surface area contributed by atoms with Gasteiger partial charge in [0, 0.05) is 11.1 Å². The van der Waals surface area contributed by atoms with E-state index in [4.69, 9.17) is 0 Å². The van der Waals surface area contributed by atoms with Crippen molar-refractivity contribution in [2.75, 3.05) is 0 Å². The van der Waals surface area contributed by atoms with Crippen LogP contribution in [0.4, 0.5) is 0 Å². The van der Waals surface area contributed by atoms with Crippen LogP contribution in [0.5, 0.6) is 23.0 Å². The smallest absolute Gasteiger partial charge is 0.120 e. The van der Waals surface area contributed by atoms with Crippen molar-refractivity contribution in [3.8, 4) is 34.1 Å². The first-order valence-electron chi connectivity index (χ1n) is 12.4. The van der Waals surface area contributed by atoms with Gasteiger partial charge in [-0.2, -0.15) is 0 Å². The maximum Gasteiger partial charge on any atom is 0.120 e. The second-order valence-corrected chi connectivity index (χ2v) is 9.80. The van der Waals surface area contributed by atoms with Gasteiger partial charge in [-0.15, -0.1) is 0 Å². The van der Waals surface area contributed by atoms with E-state index in [1.165, 1.54) is 0 Å². The molecule has 0 bridgehead atoms. The van der Waals surface area contributed by atoms with Gasteiger partial charge < -0.3 is 20.4 Å². The number of hydrogen-bond acceptors (Lipinski definition) is 4. The molecular weight excluding hydrogens is 472 g/mol. The van der Waals surface area contributed by atoms with Gasteiger partial charge in [0.2, 0.25) is 0 Å². The van der Waals surface area contributed by atoms with Crippen molar-refractivity contribution in [2.45, 2.75) is 12.3 Å². The van der Waals surface area contributed by atoms with Crippen LogP contribution < -0.4 is 0 Å². The molecule has 0 spiro atoms. The second kappa shape index (κ2) is 8.86. The van der Waals surface area contributed by atoms with Gasteiger partial charge in [0.25, 0.3) is 0 Å². The minimum atomic E-state index is -1.02. The third-order valence-electron chi connectivity index (χ3n) is 7.53. The van der Waals surface area contributed by atoms with Crippen molar-refractivity contribution >= 4 is 21.5 Å². The molecule has 0 aromatic heterocycles. The van der Waals surface area contributed by atoms with Gasteiger partial charge in [-0.3, -0.25) is 0 Å². The quantitative estimate of drug-likeness (QED) is 0.187. The first-order chi connectivity index (χ1) is 18.4. The molecule has 186 valence electrons. The Balaban J connectivity index is 1.71. The molecule has 4 heteroatoms. The van der Waals surface area contributed by atoms with Crippen molar-refractivity contribution < 1.29 is 20.4 Å². The van der Waals surface area contributed by atoms with E-state index >= 15 is 0 Å². The number of hydrogen-bond donors (Lipinski definition) is 4. The molecule has 0 radical (unpaired) electrons. The van der Waals surface area contributed by atoms with Crippen LogP contribution in [0, 0.1) is 0 Å². The van der Waals surface area contributed by atoms with Crippen LogP contribution in [0.15, 0.2) is 115 Å². The van der Waals surface area contributed by atoms with E-state index < -0.39 is 5.41 Å². The van der Waals surface area contributed by atoms with Crippen LogP contribution in [0.25, 0.3) is 32.7 Å². The average molecular weight is 499 g/mol. The first kappa shape index (κ1) is 23.4. The fourth-order valence-corrected chi connectivity index (χ4v) is 5.70. The zero-order chi connectivity index (χ0) is 26.4. The standard InChI is InChI=1S/C34H26O4/c1-34(25-11-7-22(8-12-25)21-5-3-2-4-6-21,32-28-15-13-26(35)19-23(28)9-17-30(32)37)33-29-16-14-27(36)20-24(29)10-18-31(33)38/h2-20,35-38H,1H3. The van der Waals surface area contributed by atoms with Crippen molar-refractivity contribution in [1.82, 2.24) is 0 Å². The highest BCUT2D eigenvalue weighted by Gasteiger charge is 2.38. The highest BCUT2D eigenvalue weighted by molar-refractivity contribution is 5.95. The lowest BCUT2D eigenvalue weighted by Gasteiger charge is -2.35. The van der Waals surface area contributed by atoms with E-state index in [2.05, 4.69) is 12.1 Å². The molecule has 6 rings (SSSR count). The fraction of sp³-hybridized carbons (Fsp3) is 0.0588. The molecule has 6 aromatic rings. The van der Waals surface area contributed by atoms with Gasteiger partial charge in [0.15, 0.2) is 0 Å². The minimum Gasteiger partial charge on any atom is -0.508 e. The molecule has 0 aliphatic heterocycles. The van der Waals surface area contributed by atoms with E-state index in [0.29, 0.717) is 11.1 Å². The third kappa shape index (κ3) is 3.70. The largest absolute Gasteiger partial charge is 0.508 e. The lowest BCUT2D eigenvalue weighted by atomic mass is 9.67. The summed E-state index contributed by atoms with van der Waals surface area (Å²) in [6, 6.07) is 35.2. The Hall–Kier alpha value is -4.96. The first-order valence-corrected chi connectivity index (χ1v) is 12.4. The number of phenolic OH excluding ortho intramolecular Hbond substituents is 4. The normalized spacial score (nSPS) is 11.7. The summed E-state index contributed by atoms with van der Waals surface area (Å²) in [4.78, 5) is 0. The molecular formula is C34H26O4. The van der Waals surface area contributed by atoms with Crippen LogP contribution in [0.3, 0.4) is 0 Å². The van der Waals surface area contributed by atoms with Crippen LogP contribution in [0.2, 0.25) is 0 Å². The Bertz CT molecular complexity index is 1710. The Morgan fingerprint density at radius 1 is 0.474 bits per heavy atom. The molecule has 0 aliphatic rings. The molecule has 0 heterocycles. The molecule has 0 atom stereocenters. The molecule has 0 fully saturated rings. The summed E-state index contributed by atoms with van der Waals surface area (Å²) in [6.45, 7) is 1.99. The number of benzene rings is 6. The van der Waals surface area contributed by atoms with E-state index in [1.807, 2.05) is 49.4 Å². The predicted octanol–water partition coefficient (Wildman–Crippen LogP) is 7.84. The lowest BCUT2D eigenvalue weighted by Crippen LogP contribution is -2.26. The van der Waals surface area contributed by atoms with Gasteiger partial charge >= 0.3 is 0 Å². The summed E-state index contributed by atoms with van der Waals surface area (Å²) >= 11 is 0. The van der Waals surface area contributed by atoms with Crippen LogP contribution in [-0.4, -0.2) is 20.4 Å². The number of aromatic hydroxyl groups is 4. The molecule has 0 unspecified atom stereocenters. The van der Waals surface area contributed by atoms with Crippen LogP contribution >= 0.6 is 0 Å². The summed E-state index contributed by atoms with van der Waals surface area (Å²) in [5, 5.41) is 46.1. The highest BCUT2D eigenvalue weighted by atomic mass is 16.3. The predicted molar refractivity (Wildman–Crippen MR) is 152 cm³/mol. The Kier molecular flexibility index (Phi) is 5.46. The van der Waals surface area contributed by atoms with E-state index in [1.54, 1.807) is 60.7 Å². The molecule has 4 nitrogen and oxygen atoms in total. The fourth-order valence-electron chi connectivity index (χ4n) is 5.70. The molecule has 38 heavy (non-hydrogen) atoms. The van der Waals surface area contributed by atoms with Gasteiger partial charge in [0.05, 0.1) is 5.41 Å². The van der Waals surface area contributed by atoms with E-state index in [-0.39, 0.29) is 23.0 Å². The Labute approximate surface area is 220 Å². The maximum atomic E-state index is 11.4. The van der Waals surface area contributed by atoms with Crippen molar-refractivity contribution in [3.05, 3.63) is 132 Å². The molecule has 0 aliphatic carbocycles. The van der Waals surface area contributed by atoms with Crippen LogP contribution in [-0.2, 0) is 5.41 Å². The minimum absolute atomic E-state index is 0.0769. The monoisotopic (exact) mass is 498 g/mol. The third-order valence-corrected chi connectivity index (χ3v) is 7.53. The van der Waals surface area contributed by atoms with Crippen molar-refractivity contribution in [2.24, 2.45) is 0 Å². The summed E-state index contributed by atoms with van der Waals surface area (Å²) in [7, 11) is 0. The van der Waals surface area contributed by atoms with Gasteiger partial charge in [-0.25, -0.2) is 0 Å². The summed E-state index contributed by atoms with van der Waals surface area (Å²) in [6.07, 6.45) is 0. The van der Waals surface area contributed by atoms with Crippen LogP contribution in [0.1, 0.15) is 23.6 Å². The van der Waals surface area contributed by atoms with Gasteiger partial charge in [-0.1, -0.05) is 78.9 Å². The summed E-state index contributed by atoms with van der Waals surface area (Å²) < 4.78 is 0. The lowest BCUT2D eigenvalue weighted by molar-refractivity contribution is 0.445. The highest BCUT2D eigenvalue weighted by Crippen LogP contribution is 2.51. The molecule has 0 saturated heterocycles. The Morgan fingerprint density at radius 2 is 0.947 bits per heavy atom. The molecule has 6 aromatic carbocycles. The summed E-state index contributed by atoms with van der Waals surface area (Å²) in [5.74, 6) is 0.416. The number of fused-ring (bicyclic) bond motifs is 2. The molecule has 4 N–H and O–H groups in total. The van der Waals surface area contributed by atoms with E-state index in [0.717, 1.165) is 38.2 Å². The SMILES string of the molecule is CC(c1ccc(-c2ccccc2)cc1)(c1c(O)ccc2cc(O)ccc12)c1c(O)ccc2cc(O)ccc12. The van der Waals surface area contributed by atoms with Crippen molar-refractivity contribution in [1.29, 1.82) is 0 Å². The zero-order valence-electron chi connectivity index (χ0n) is 20.8.